The highest BCUT2D eigenvalue weighted by Gasteiger charge is 2.32. The van der Waals surface area contributed by atoms with E-state index in [4.69, 9.17) is 9.47 Å². The van der Waals surface area contributed by atoms with Crippen molar-refractivity contribution < 1.29 is 45.4 Å². The molecule has 0 fully saturated rings. The van der Waals surface area contributed by atoms with Crippen molar-refractivity contribution in [3.8, 4) is 22.1 Å². The molecule has 0 bridgehead atoms. The van der Waals surface area contributed by atoms with E-state index in [0.29, 0.717) is 23.5 Å². The molecule has 0 unspecified atom stereocenters. The standard InChI is InChI=1S/C30H26F6N4O4S/c1-43-23-11-6-18(16-24(23)44-2)12-14-40(27(42)20-4-3-5-22(17-20)30(34,35)36)15-13-25(41)37-28-39-38-26(45-28)19-7-9-21(10-8-19)29(31,32)33/h3-11,16-17H,12-15H2,1-2H3,(H,37,39,41). The lowest BCUT2D eigenvalue weighted by Crippen LogP contribution is -2.35. The molecule has 8 nitrogen and oxygen atoms in total. The zero-order valence-electron chi connectivity index (χ0n) is 23.8. The number of hydrogen-bond acceptors (Lipinski definition) is 7. The second-order valence-corrected chi connectivity index (χ2v) is 10.6. The lowest BCUT2D eigenvalue weighted by atomic mass is 10.1. The van der Waals surface area contributed by atoms with Gasteiger partial charge < -0.3 is 19.7 Å². The average molecular weight is 653 g/mol. The van der Waals surface area contributed by atoms with Crippen LogP contribution in [0.25, 0.3) is 10.6 Å². The van der Waals surface area contributed by atoms with Gasteiger partial charge in [-0.1, -0.05) is 35.6 Å². The molecule has 0 aliphatic carbocycles. The summed E-state index contributed by atoms with van der Waals surface area (Å²) in [6.07, 6.45) is -9.08. The van der Waals surface area contributed by atoms with Crippen molar-refractivity contribution in [2.75, 3.05) is 32.6 Å². The van der Waals surface area contributed by atoms with Gasteiger partial charge in [-0.3, -0.25) is 9.59 Å². The number of halogens is 6. The molecule has 1 aromatic heterocycles. The van der Waals surface area contributed by atoms with Crippen LogP contribution >= 0.6 is 11.3 Å². The summed E-state index contributed by atoms with van der Waals surface area (Å²) in [5.41, 5.74) is -0.869. The largest absolute Gasteiger partial charge is 0.493 e. The van der Waals surface area contributed by atoms with Crippen molar-refractivity contribution in [1.82, 2.24) is 15.1 Å². The fraction of sp³-hybridized carbons (Fsp3) is 0.267. The van der Waals surface area contributed by atoms with Gasteiger partial charge in [-0.05, 0) is 54.4 Å². The molecule has 45 heavy (non-hydrogen) atoms. The molecule has 0 aliphatic rings. The minimum atomic E-state index is -4.65. The Morgan fingerprint density at radius 3 is 2.16 bits per heavy atom. The van der Waals surface area contributed by atoms with Crippen LogP contribution in [0.4, 0.5) is 31.5 Å². The maximum atomic E-state index is 13.4. The molecular weight excluding hydrogens is 626 g/mol. The first-order chi connectivity index (χ1) is 21.3. The SMILES string of the molecule is COc1ccc(CCN(CCC(=O)Nc2nnc(-c3ccc(C(F)(F)F)cc3)s2)C(=O)c2cccc(C(F)(F)F)c2)cc1OC. The number of anilines is 1. The molecule has 0 aliphatic heterocycles. The number of nitrogens with one attached hydrogen (secondary N) is 1. The molecule has 0 atom stereocenters. The van der Waals surface area contributed by atoms with E-state index in [1.165, 1.54) is 37.3 Å². The zero-order valence-corrected chi connectivity index (χ0v) is 24.6. The van der Waals surface area contributed by atoms with Gasteiger partial charge in [-0.25, -0.2) is 0 Å². The van der Waals surface area contributed by atoms with E-state index in [1.54, 1.807) is 18.2 Å². The molecule has 1 heterocycles. The summed E-state index contributed by atoms with van der Waals surface area (Å²) >= 11 is 0.938. The second-order valence-electron chi connectivity index (χ2n) is 9.60. The first kappa shape index (κ1) is 33.2. The minimum absolute atomic E-state index is 0.0642. The highest BCUT2D eigenvalue weighted by atomic mass is 32.1. The molecule has 2 amide bonds. The van der Waals surface area contributed by atoms with Crippen molar-refractivity contribution in [3.63, 3.8) is 0 Å². The van der Waals surface area contributed by atoms with Gasteiger partial charge in [0.25, 0.3) is 5.91 Å². The van der Waals surface area contributed by atoms with E-state index in [2.05, 4.69) is 15.5 Å². The Bertz CT molecular complexity index is 1640. The molecule has 15 heteroatoms. The molecule has 1 N–H and O–H groups in total. The highest BCUT2D eigenvalue weighted by Crippen LogP contribution is 2.33. The van der Waals surface area contributed by atoms with Crippen LogP contribution in [0.2, 0.25) is 0 Å². The van der Waals surface area contributed by atoms with Gasteiger partial charge in [0.2, 0.25) is 11.0 Å². The van der Waals surface area contributed by atoms with Gasteiger partial charge in [0, 0.05) is 30.6 Å². The first-order valence-electron chi connectivity index (χ1n) is 13.3. The summed E-state index contributed by atoms with van der Waals surface area (Å²) in [5.74, 6) is -0.307. The van der Waals surface area contributed by atoms with Gasteiger partial charge in [0.15, 0.2) is 11.5 Å². The normalized spacial score (nSPS) is 11.6. The molecule has 0 saturated heterocycles. The number of nitrogens with zero attached hydrogens (tertiary/aromatic N) is 3. The number of alkyl halides is 6. The van der Waals surface area contributed by atoms with Crippen LogP contribution in [0.5, 0.6) is 11.5 Å². The van der Waals surface area contributed by atoms with E-state index < -0.39 is 35.3 Å². The maximum absolute atomic E-state index is 13.4. The summed E-state index contributed by atoms with van der Waals surface area (Å²) in [5, 5.41) is 10.7. The second kappa shape index (κ2) is 14.0. The average Bonchev–Trinajstić information content (AvgIpc) is 3.48. The highest BCUT2D eigenvalue weighted by molar-refractivity contribution is 7.18. The number of aromatic nitrogens is 2. The van der Waals surface area contributed by atoms with E-state index in [0.717, 1.165) is 47.2 Å². The first-order valence-corrected chi connectivity index (χ1v) is 14.1. The van der Waals surface area contributed by atoms with Crippen LogP contribution in [0.3, 0.4) is 0 Å². The number of benzene rings is 3. The fourth-order valence-electron chi connectivity index (χ4n) is 4.24. The number of carbonyl (C=O) groups is 2. The maximum Gasteiger partial charge on any atom is 0.416 e. The lowest BCUT2D eigenvalue weighted by Gasteiger charge is -2.23. The number of methoxy groups -OCH3 is 2. The van der Waals surface area contributed by atoms with E-state index >= 15 is 0 Å². The smallest absolute Gasteiger partial charge is 0.416 e. The Hall–Kier alpha value is -4.66. The van der Waals surface area contributed by atoms with Crippen LogP contribution in [0.1, 0.15) is 33.5 Å². The third-order valence-electron chi connectivity index (χ3n) is 6.58. The van der Waals surface area contributed by atoms with Crippen molar-refractivity contribution in [2.45, 2.75) is 25.2 Å². The molecular formula is C30H26F6N4O4S. The third-order valence-corrected chi connectivity index (χ3v) is 7.47. The van der Waals surface area contributed by atoms with Gasteiger partial charge in [0.1, 0.15) is 5.01 Å². The molecule has 3 aromatic carbocycles. The number of hydrogen-bond donors (Lipinski definition) is 1. The molecule has 0 saturated carbocycles. The van der Waals surface area contributed by atoms with Crippen molar-refractivity contribution in [3.05, 3.63) is 89.0 Å². The Morgan fingerprint density at radius 2 is 1.51 bits per heavy atom. The van der Waals surface area contributed by atoms with E-state index in [-0.39, 0.29) is 35.2 Å². The number of ether oxygens (including phenoxy) is 2. The Balaban J connectivity index is 1.46. The molecule has 0 spiro atoms. The lowest BCUT2D eigenvalue weighted by molar-refractivity contribution is -0.138. The predicted molar refractivity (Wildman–Crippen MR) is 154 cm³/mol. The van der Waals surface area contributed by atoms with E-state index in [9.17, 15) is 35.9 Å². The molecule has 0 radical (unpaired) electrons. The molecule has 4 aromatic rings. The fourth-order valence-corrected chi connectivity index (χ4v) is 5.00. The van der Waals surface area contributed by atoms with Crippen LogP contribution in [0, 0.1) is 0 Å². The van der Waals surface area contributed by atoms with Crippen molar-refractivity contribution in [1.29, 1.82) is 0 Å². The van der Waals surface area contributed by atoms with E-state index in [1.807, 2.05) is 0 Å². The van der Waals surface area contributed by atoms with Crippen LogP contribution < -0.4 is 14.8 Å². The van der Waals surface area contributed by atoms with Crippen LogP contribution in [0.15, 0.2) is 66.7 Å². The quantitative estimate of drug-likeness (QED) is 0.176. The van der Waals surface area contributed by atoms with Gasteiger partial charge in [0.05, 0.1) is 25.3 Å². The van der Waals surface area contributed by atoms with Gasteiger partial charge >= 0.3 is 12.4 Å². The summed E-state index contributed by atoms with van der Waals surface area (Å²) < 4.78 is 89.0. The monoisotopic (exact) mass is 652 g/mol. The number of rotatable bonds is 11. The predicted octanol–water partition coefficient (Wildman–Crippen LogP) is 6.97. The number of amides is 2. The Morgan fingerprint density at radius 1 is 0.822 bits per heavy atom. The molecule has 238 valence electrons. The van der Waals surface area contributed by atoms with Crippen LogP contribution in [-0.2, 0) is 23.6 Å². The minimum Gasteiger partial charge on any atom is -0.493 e. The Labute approximate surface area is 257 Å². The van der Waals surface area contributed by atoms with Crippen molar-refractivity contribution >= 4 is 28.3 Å². The summed E-state index contributed by atoms with van der Waals surface area (Å²) in [6, 6.07) is 13.5. The van der Waals surface area contributed by atoms with Crippen molar-refractivity contribution in [2.24, 2.45) is 0 Å². The summed E-state index contributed by atoms with van der Waals surface area (Å²) in [6.45, 7) is -0.0759. The number of carbonyl (C=O) groups excluding carboxylic acids is 2. The van der Waals surface area contributed by atoms with Crippen LogP contribution in [-0.4, -0.2) is 54.2 Å². The zero-order chi connectivity index (χ0) is 32.8. The van der Waals surface area contributed by atoms with Gasteiger partial charge in [-0.15, -0.1) is 10.2 Å². The topological polar surface area (TPSA) is 93.6 Å². The third kappa shape index (κ3) is 8.71. The Kier molecular flexibility index (Phi) is 10.3. The van der Waals surface area contributed by atoms with Gasteiger partial charge in [-0.2, -0.15) is 26.3 Å². The summed E-state index contributed by atoms with van der Waals surface area (Å²) in [4.78, 5) is 27.4. The molecule has 4 rings (SSSR count). The summed E-state index contributed by atoms with van der Waals surface area (Å²) in [7, 11) is 2.95.